The molecule has 0 aromatic heterocycles. The summed E-state index contributed by atoms with van der Waals surface area (Å²) >= 11 is 0. The molecule has 2 N–H and O–H groups in total. The van der Waals surface area contributed by atoms with Gasteiger partial charge in [-0.3, -0.25) is 9.59 Å². The number of hydrogen-bond acceptors (Lipinski definition) is 6. The molecule has 202 valence electrons. The van der Waals surface area contributed by atoms with Crippen LogP contribution in [0, 0.1) is 0 Å². The van der Waals surface area contributed by atoms with Crippen molar-refractivity contribution in [1.29, 1.82) is 0 Å². The molecule has 2 saturated heterocycles. The number of ether oxygens (including phenoxy) is 4. The maximum Gasteiger partial charge on any atom is 0.251 e. The first-order chi connectivity index (χ1) is 17.6. The van der Waals surface area contributed by atoms with Crippen LogP contribution in [0.5, 0.6) is 11.5 Å². The number of nitrogens with one attached hydrogen (secondary N) is 2. The number of hydrogen-bond donors (Lipinski definition) is 2. The predicted octanol–water partition coefficient (Wildman–Crippen LogP) is 4.28. The first kappa shape index (κ1) is 28.5. The van der Waals surface area contributed by atoms with Crippen molar-refractivity contribution < 1.29 is 28.5 Å². The van der Waals surface area contributed by atoms with E-state index >= 15 is 0 Å². The highest BCUT2D eigenvalue weighted by atomic mass is 16.5. The van der Waals surface area contributed by atoms with Crippen molar-refractivity contribution >= 4 is 11.8 Å². The average molecular weight is 513 g/mol. The van der Waals surface area contributed by atoms with Crippen molar-refractivity contribution in [2.24, 2.45) is 0 Å². The van der Waals surface area contributed by atoms with E-state index in [9.17, 15) is 9.59 Å². The van der Waals surface area contributed by atoms with Crippen LogP contribution in [0.4, 0.5) is 0 Å². The van der Waals surface area contributed by atoms with Gasteiger partial charge in [0.1, 0.15) is 11.5 Å². The molecule has 2 aliphatic rings. The van der Waals surface area contributed by atoms with Crippen LogP contribution in [0.1, 0.15) is 78.3 Å². The monoisotopic (exact) mass is 512 g/mol. The van der Waals surface area contributed by atoms with Crippen LogP contribution >= 0.6 is 0 Å². The maximum atomic E-state index is 12.2. The van der Waals surface area contributed by atoms with Gasteiger partial charge in [0.2, 0.25) is 0 Å². The van der Waals surface area contributed by atoms with Gasteiger partial charge in [-0.15, -0.1) is 0 Å². The topological polar surface area (TPSA) is 95.1 Å². The number of methoxy groups -OCH3 is 2. The SMILES string of the molecule is COc1cc(C(=O)NC2(C)COC2)ccc1C(C)C.COc1cc(C(=O)NC2COC2)ccc1C(C)C. The van der Waals surface area contributed by atoms with Gasteiger partial charge >= 0.3 is 0 Å². The smallest absolute Gasteiger partial charge is 0.251 e. The number of amides is 2. The lowest BCUT2D eigenvalue weighted by Crippen LogP contribution is -2.59. The zero-order valence-electron chi connectivity index (χ0n) is 23.0. The minimum Gasteiger partial charge on any atom is -0.496 e. The predicted molar refractivity (Wildman–Crippen MR) is 143 cm³/mol. The molecule has 0 unspecified atom stereocenters. The Labute approximate surface area is 220 Å². The molecule has 2 aliphatic heterocycles. The van der Waals surface area contributed by atoms with E-state index in [4.69, 9.17) is 18.9 Å². The van der Waals surface area contributed by atoms with Gasteiger partial charge in [0.25, 0.3) is 11.8 Å². The van der Waals surface area contributed by atoms with Crippen LogP contribution in [0.2, 0.25) is 0 Å². The van der Waals surface area contributed by atoms with Crippen molar-refractivity contribution in [1.82, 2.24) is 10.6 Å². The molecule has 0 radical (unpaired) electrons. The summed E-state index contributed by atoms with van der Waals surface area (Å²) in [6, 6.07) is 11.3. The van der Waals surface area contributed by atoms with Gasteiger partial charge in [-0.25, -0.2) is 0 Å². The molecular weight excluding hydrogens is 472 g/mol. The Morgan fingerprint density at radius 1 is 0.838 bits per heavy atom. The Kier molecular flexibility index (Phi) is 9.56. The molecular formula is C29H40N2O6. The minimum absolute atomic E-state index is 0.0723. The second kappa shape index (κ2) is 12.4. The maximum absolute atomic E-state index is 12.2. The number of carbonyl (C=O) groups excluding carboxylic acids is 2. The summed E-state index contributed by atoms with van der Waals surface area (Å²) in [6.45, 7) is 12.7. The molecule has 0 aliphatic carbocycles. The highest BCUT2D eigenvalue weighted by molar-refractivity contribution is 5.95. The van der Waals surface area contributed by atoms with Crippen LogP contribution in [-0.2, 0) is 9.47 Å². The first-order valence-electron chi connectivity index (χ1n) is 12.7. The number of carbonyl (C=O) groups is 2. The summed E-state index contributed by atoms with van der Waals surface area (Å²) in [5.74, 6) is 2.11. The van der Waals surface area contributed by atoms with Crippen molar-refractivity contribution in [3.63, 3.8) is 0 Å². The zero-order valence-corrected chi connectivity index (χ0v) is 23.0. The van der Waals surface area contributed by atoms with E-state index in [0.717, 1.165) is 22.6 Å². The molecule has 2 heterocycles. The van der Waals surface area contributed by atoms with E-state index in [2.05, 4.69) is 38.3 Å². The fourth-order valence-electron chi connectivity index (χ4n) is 4.07. The first-order valence-corrected chi connectivity index (χ1v) is 12.7. The molecule has 0 bridgehead atoms. The van der Waals surface area contributed by atoms with Crippen LogP contribution in [0.15, 0.2) is 36.4 Å². The second-order valence-electron chi connectivity index (χ2n) is 10.4. The summed E-state index contributed by atoms with van der Waals surface area (Å²) in [4.78, 5) is 24.2. The molecule has 37 heavy (non-hydrogen) atoms. The summed E-state index contributed by atoms with van der Waals surface area (Å²) in [5.41, 5.74) is 3.23. The third-order valence-electron chi connectivity index (χ3n) is 6.47. The molecule has 0 saturated carbocycles. The van der Waals surface area contributed by atoms with Crippen molar-refractivity contribution in [2.45, 2.75) is 58.0 Å². The summed E-state index contributed by atoms with van der Waals surface area (Å²) in [7, 11) is 3.26. The lowest BCUT2D eigenvalue weighted by Gasteiger charge is -2.38. The lowest BCUT2D eigenvalue weighted by molar-refractivity contribution is -0.0593. The highest BCUT2D eigenvalue weighted by Crippen LogP contribution is 2.28. The minimum atomic E-state index is -0.235. The van der Waals surface area contributed by atoms with E-state index in [-0.39, 0.29) is 23.4 Å². The molecule has 4 rings (SSSR count). The average Bonchev–Trinajstić information content (AvgIpc) is 2.84. The summed E-state index contributed by atoms with van der Waals surface area (Å²) in [6.07, 6.45) is 0. The Balaban J connectivity index is 0.000000206. The Morgan fingerprint density at radius 3 is 1.68 bits per heavy atom. The van der Waals surface area contributed by atoms with Gasteiger partial charge in [-0.2, -0.15) is 0 Å². The fraction of sp³-hybridized carbons (Fsp3) is 0.517. The molecule has 8 heteroatoms. The van der Waals surface area contributed by atoms with E-state index in [1.807, 2.05) is 31.2 Å². The summed E-state index contributed by atoms with van der Waals surface area (Å²) in [5, 5.41) is 5.90. The van der Waals surface area contributed by atoms with Crippen molar-refractivity contribution in [2.75, 3.05) is 40.6 Å². The fourth-order valence-corrected chi connectivity index (χ4v) is 4.07. The molecule has 2 aromatic carbocycles. The standard InChI is InChI=1S/C15H21NO3.C14H19NO3/c1-10(2)12-6-5-11(7-13(12)18-4)14(17)16-15(3)8-19-9-15;1-9(2)12-5-4-10(6-13(12)17-3)14(16)15-11-7-18-8-11/h5-7,10H,8-9H2,1-4H3,(H,16,17);4-6,9,11H,7-8H2,1-3H3,(H,15,16). The van der Waals surface area contributed by atoms with Gasteiger partial charge in [-0.1, -0.05) is 39.8 Å². The van der Waals surface area contributed by atoms with Crippen LogP contribution in [0.25, 0.3) is 0 Å². The van der Waals surface area contributed by atoms with Crippen molar-refractivity contribution in [3.05, 3.63) is 58.7 Å². The van der Waals surface area contributed by atoms with Crippen LogP contribution in [-0.4, -0.2) is 64.0 Å². The second-order valence-corrected chi connectivity index (χ2v) is 10.4. The zero-order chi connectivity index (χ0) is 27.2. The third-order valence-corrected chi connectivity index (χ3v) is 6.47. The van der Waals surface area contributed by atoms with E-state index in [0.29, 0.717) is 49.4 Å². The largest absolute Gasteiger partial charge is 0.496 e. The van der Waals surface area contributed by atoms with E-state index < -0.39 is 0 Å². The van der Waals surface area contributed by atoms with Crippen LogP contribution < -0.4 is 20.1 Å². The quantitative estimate of drug-likeness (QED) is 0.548. The molecule has 2 amide bonds. The van der Waals surface area contributed by atoms with Gasteiger partial charge in [0.15, 0.2) is 0 Å². The van der Waals surface area contributed by atoms with Gasteiger partial charge in [0.05, 0.1) is 52.2 Å². The van der Waals surface area contributed by atoms with Gasteiger partial charge in [-0.05, 0) is 54.2 Å². The Bertz CT molecular complexity index is 1090. The van der Waals surface area contributed by atoms with Gasteiger partial charge in [0, 0.05) is 11.1 Å². The molecule has 0 spiro atoms. The highest BCUT2D eigenvalue weighted by Gasteiger charge is 2.35. The molecule has 2 fully saturated rings. The van der Waals surface area contributed by atoms with Crippen molar-refractivity contribution in [3.8, 4) is 11.5 Å². The molecule has 8 nitrogen and oxygen atoms in total. The van der Waals surface area contributed by atoms with Crippen LogP contribution in [0.3, 0.4) is 0 Å². The molecule has 0 atom stereocenters. The molecule has 2 aromatic rings. The van der Waals surface area contributed by atoms with Gasteiger partial charge < -0.3 is 29.6 Å². The van der Waals surface area contributed by atoms with E-state index in [1.165, 1.54) is 0 Å². The Morgan fingerprint density at radius 2 is 1.32 bits per heavy atom. The number of benzene rings is 2. The summed E-state index contributed by atoms with van der Waals surface area (Å²) < 4.78 is 20.9. The number of rotatable bonds is 8. The lowest BCUT2D eigenvalue weighted by atomic mass is 9.98. The van der Waals surface area contributed by atoms with E-state index in [1.54, 1.807) is 26.4 Å². The third kappa shape index (κ3) is 7.23. The Hall–Kier alpha value is -3.10. The normalized spacial score (nSPS) is 16.1.